The summed E-state index contributed by atoms with van der Waals surface area (Å²) in [7, 11) is 0. The van der Waals surface area contributed by atoms with Crippen molar-refractivity contribution in [3.63, 3.8) is 0 Å². The Morgan fingerprint density at radius 1 is 0.613 bits per heavy atom. The number of carboxylic acid groups (broad SMARTS) is 1. The summed E-state index contributed by atoms with van der Waals surface area (Å²) in [4.78, 5) is 22.0. The van der Waals surface area contributed by atoms with Gasteiger partial charge in [0.2, 0.25) is 0 Å². The number of carbonyl (C=O) groups excluding carboxylic acids is 1. The van der Waals surface area contributed by atoms with Crippen molar-refractivity contribution in [2.45, 2.75) is 135 Å². The summed E-state index contributed by atoms with van der Waals surface area (Å²) in [5.41, 5.74) is 0. The van der Waals surface area contributed by atoms with Crippen LogP contribution < -0.4 is 0 Å². The number of hydrogen-bond acceptors (Lipinski definition) is 4. The van der Waals surface area contributed by atoms with E-state index >= 15 is 0 Å². The molecular formula is C26H50O4S. The highest BCUT2D eigenvalue weighted by Crippen LogP contribution is 2.14. The Bertz CT molecular complexity index is 401. The number of unbranched alkanes of at least 4 members (excludes halogenated alkanes) is 17. The minimum atomic E-state index is -0.788. The van der Waals surface area contributed by atoms with Crippen LogP contribution in [-0.2, 0) is 14.3 Å². The first-order valence-electron chi connectivity index (χ1n) is 13.1. The van der Waals surface area contributed by atoms with Gasteiger partial charge >= 0.3 is 11.9 Å². The lowest BCUT2D eigenvalue weighted by molar-refractivity contribution is -0.143. The van der Waals surface area contributed by atoms with Gasteiger partial charge in [-0.05, 0) is 6.42 Å². The molecule has 0 aliphatic carbocycles. The molecule has 0 bridgehead atoms. The number of aliphatic carboxylic acids is 1. The van der Waals surface area contributed by atoms with Crippen molar-refractivity contribution < 1.29 is 19.4 Å². The topological polar surface area (TPSA) is 63.6 Å². The van der Waals surface area contributed by atoms with Crippen LogP contribution in [0.3, 0.4) is 0 Å². The van der Waals surface area contributed by atoms with Crippen molar-refractivity contribution in [3.8, 4) is 0 Å². The Balaban J connectivity index is 3.12. The molecule has 0 aliphatic rings. The molecule has 0 aromatic carbocycles. The zero-order valence-electron chi connectivity index (χ0n) is 20.3. The lowest BCUT2D eigenvalue weighted by Gasteiger charge is -2.05. The zero-order valence-corrected chi connectivity index (χ0v) is 21.2. The smallest absolute Gasteiger partial charge is 0.306 e. The molecule has 4 nitrogen and oxygen atoms in total. The van der Waals surface area contributed by atoms with Crippen molar-refractivity contribution in [3.05, 3.63) is 0 Å². The maximum atomic E-state index is 11.6. The van der Waals surface area contributed by atoms with E-state index in [1.165, 1.54) is 114 Å². The first kappa shape index (κ1) is 30.3. The molecule has 0 saturated heterocycles. The van der Waals surface area contributed by atoms with Crippen LogP contribution in [-0.4, -0.2) is 35.2 Å². The van der Waals surface area contributed by atoms with Gasteiger partial charge in [-0.15, -0.1) is 0 Å². The largest absolute Gasteiger partial charge is 0.481 e. The Labute approximate surface area is 196 Å². The van der Waals surface area contributed by atoms with E-state index in [1.807, 2.05) is 0 Å². The van der Waals surface area contributed by atoms with E-state index in [4.69, 9.17) is 9.84 Å². The molecule has 0 spiro atoms. The highest BCUT2D eigenvalue weighted by Gasteiger charge is 2.03. The van der Waals surface area contributed by atoms with Gasteiger partial charge < -0.3 is 9.84 Å². The van der Waals surface area contributed by atoms with Crippen LogP contribution >= 0.6 is 11.8 Å². The SMILES string of the molecule is CCCCCCCCCCCCCCCCCCCCOC(=O)CCSCCC(=O)O. The van der Waals surface area contributed by atoms with Gasteiger partial charge in [-0.3, -0.25) is 9.59 Å². The van der Waals surface area contributed by atoms with E-state index in [9.17, 15) is 9.59 Å². The molecule has 0 radical (unpaired) electrons. The van der Waals surface area contributed by atoms with E-state index < -0.39 is 5.97 Å². The molecule has 0 aliphatic heterocycles. The maximum Gasteiger partial charge on any atom is 0.306 e. The molecule has 0 atom stereocenters. The van der Waals surface area contributed by atoms with Crippen molar-refractivity contribution in [2.24, 2.45) is 0 Å². The molecule has 0 rings (SSSR count). The summed E-state index contributed by atoms with van der Waals surface area (Å²) in [6, 6.07) is 0. The van der Waals surface area contributed by atoms with E-state index in [2.05, 4.69) is 6.92 Å². The minimum Gasteiger partial charge on any atom is -0.481 e. The van der Waals surface area contributed by atoms with Crippen LogP contribution in [0.4, 0.5) is 0 Å². The Morgan fingerprint density at radius 2 is 1.00 bits per heavy atom. The molecule has 1 N–H and O–H groups in total. The lowest BCUT2D eigenvalue weighted by Crippen LogP contribution is -2.07. The van der Waals surface area contributed by atoms with Crippen molar-refractivity contribution >= 4 is 23.7 Å². The fourth-order valence-corrected chi connectivity index (χ4v) is 4.51. The van der Waals surface area contributed by atoms with Crippen molar-refractivity contribution in [1.82, 2.24) is 0 Å². The van der Waals surface area contributed by atoms with Crippen molar-refractivity contribution in [2.75, 3.05) is 18.1 Å². The summed E-state index contributed by atoms with van der Waals surface area (Å²) in [6.45, 7) is 2.80. The molecule has 0 heterocycles. The predicted molar refractivity (Wildman–Crippen MR) is 134 cm³/mol. The number of carboxylic acids is 1. The normalized spacial score (nSPS) is 11.0. The monoisotopic (exact) mass is 458 g/mol. The minimum absolute atomic E-state index is 0.152. The Hall–Kier alpha value is -0.710. The van der Waals surface area contributed by atoms with Crippen LogP contribution in [0.15, 0.2) is 0 Å². The van der Waals surface area contributed by atoms with Gasteiger partial charge in [-0.2, -0.15) is 11.8 Å². The maximum absolute atomic E-state index is 11.6. The summed E-state index contributed by atoms with van der Waals surface area (Å²) in [6.07, 6.45) is 24.9. The fourth-order valence-electron chi connectivity index (χ4n) is 3.68. The van der Waals surface area contributed by atoms with E-state index in [0.717, 1.165) is 12.8 Å². The van der Waals surface area contributed by atoms with Gasteiger partial charge in [-0.1, -0.05) is 116 Å². The van der Waals surface area contributed by atoms with Crippen LogP contribution in [0.2, 0.25) is 0 Å². The van der Waals surface area contributed by atoms with Crippen molar-refractivity contribution in [1.29, 1.82) is 0 Å². The third-order valence-electron chi connectivity index (χ3n) is 5.67. The quantitative estimate of drug-likeness (QED) is 0.110. The second-order valence-electron chi connectivity index (χ2n) is 8.74. The first-order chi connectivity index (χ1) is 15.2. The number of carbonyl (C=O) groups is 2. The van der Waals surface area contributed by atoms with Crippen LogP contribution in [0.5, 0.6) is 0 Å². The number of ether oxygens (including phenoxy) is 1. The summed E-state index contributed by atoms with van der Waals surface area (Å²) in [5, 5.41) is 8.54. The van der Waals surface area contributed by atoms with Crippen LogP contribution in [0, 0.1) is 0 Å². The molecule has 0 aromatic heterocycles. The summed E-state index contributed by atoms with van der Waals surface area (Å²) in [5.74, 6) is 0.256. The van der Waals surface area contributed by atoms with Gasteiger partial charge in [0.15, 0.2) is 0 Å². The van der Waals surface area contributed by atoms with Gasteiger partial charge in [0.05, 0.1) is 19.4 Å². The number of rotatable bonds is 25. The van der Waals surface area contributed by atoms with Crippen LogP contribution in [0.25, 0.3) is 0 Å². The predicted octanol–water partition coefficient (Wildman–Crippen LogP) is 8.17. The molecule has 0 aromatic rings. The Morgan fingerprint density at radius 3 is 1.42 bits per heavy atom. The van der Waals surface area contributed by atoms with E-state index in [-0.39, 0.29) is 12.4 Å². The van der Waals surface area contributed by atoms with Crippen LogP contribution in [0.1, 0.15) is 135 Å². The summed E-state index contributed by atoms with van der Waals surface area (Å²) >= 11 is 1.49. The zero-order chi connectivity index (χ0) is 22.8. The van der Waals surface area contributed by atoms with Gasteiger partial charge in [0, 0.05) is 11.5 Å². The third-order valence-corrected chi connectivity index (χ3v) is 6.66. The molecule has 0 fully saturated rings. The first-order valence-corrected chi connectivity index (χ1v) is 14.3. The summed E-state index contributed by atoms with van der Waals surface area (Å²) < 4.78 is 5.23. The van der Waals surface area contributed by atoms with Gasteiger partial charge in [-0.25, -0.2) is 0 Å². The second kappa shape index (κ2) is 25.5. The third kappa shape index (κ3) is 27.3. The van der Waals surface area contributed by atoms with E-state index in [1.54, 1.807) is 0 Å². The molecule has 0 amide bonds. The highest BCUT2D eigenvalue weighted by molar-refractivity contribution is 7.99. The molecule has 184 valence electrons. The van der Waals surface area contributed by atoms with E-state index in [0.29, 0.717) is 24.5 Å². The lowest BCUT2D eigenvalue weighted by atomic mass is 10.0. The average Bonchev–Trinajstić information content (AvgIpc) is 2.75. The molecule has 5 heteroatoms. The number of esters is 1. The number of thioether (sulfide) groups is 1. The molecule has 0 unspecified atom stereocenters. The molecule has 31 heavy (non-hydrogen) atoms. The van der Waals surface area contributed by atoms with Gasteiger partial charge in [0.25, 0.3) is 0 Å². The second-order valence-corrected chi connectivity index (χ2v) is 9.96. The standard InChI is InChI=1S/C26H50O4S/c1-2-3-4-5-6-7-8-9-10-11-12-13-14-15-16-17-18-19-22-30-26(29)21-24-31-23-20-25(27)28/h2-24H2,1H3,(H,27,28). The average molecular weight is 459 g/mol. The van der Waals surface area contributed by atoms with Gasteiger partial charge in [0.1, 0.15) is 0 Å². The highest BCUT2D eigenvalue weighted by atomic mass is 32.2. The number of hydrogen-bond donors (Lipinski definition) is 1. The molecule has 0 saturated carbocycles. The Kier molecular flexibility index (Phi) is 25.0. The molecular weight excluding hydrogens is 408 g/mol. The fraction of sp³-hybridized carbons (Fsp3) is 0.923.